The highest BCUT2D eigenvalue weighted by Gasteiger charge is 2.16. The second kappa shape index (κ2) is 6.33. The summed E-state index contributed by atoms with van der Waals surface area (Å²) in [6.07, 6.45) is 1.15. The van der Waals surface area contributed by atoms with E-state index >= 15 is 0 Å². The first-order valence-corrected chi connectivity index (χ1v) is 7.06. The summed E-state index contributed by atoms with van der Waals surface area (Å²) in [5.41, 5.74) is 8.07. The SMILES string of the molecule is Nc1c(C(=O)NN=Cc2ccccc2F)c(=O)[nH]c2ccccc12. The van der Waals surface area contributed by atoms with Gasteiger partial charge in [-0.15, -0.1) is 0 Å². The Morgan fingerprint density at radius 2 is 1.88 bits per heavy atom. The topological polar surface area (TPSA) is 100 Å². The summed E-state index contributed by atoms with van der Waals surface area (Å²) in [7, 11) is 0. The van der Waals surface area contributed by atoms with Gasteiger partial charge in [-0.1, -0.05) is 36.4 Å². The predicted octanol–water partition coefficient (Wildman–Crippen LogP) is 2.01. The quantitative estimate of drug-likeness (QED) is 0.507. The number of aromatic nitrogens is 1. The molecule has 1 amide bonds. The fourth-order valence-electron chi connectivity index (χ4n) is 2.29. The van der Waals surface area contributed by atoms with Crippen molar-refractivity contribution in [2.24, 2.45) is 5.10 Å². The summed E-state index contributed by atoms with van der Waals surface area (Å²) in [6.45, 7) is 0. The molecule has 0 aliphatic rings. The van der Waals surface area contributed by atoms with Crippen molar-refractivity contribution in [3.63, 3.8) is 0 Å². The van der Waals surface area contributed by atoms with Crippen LogP contribution in [0.5, 0.6) is 0 Å². The second-order valence-corrected chi connectivity index (χ2v) is 5.01. The first-order valence-electron chi connectivity index (χ1n) is 7.06. The van der Waals surface area contributed by atoms with E-state index in [9.17, 15) is 14.0 Å². The van der Waals surface area contributed by atoms with Crippen molar-refractivity contribution in [3.8, 4) is 0 Å². The van der Waals surface area contributed by atoms with E-state index in [1.54, 1.807) is 36.4 Å². The number of hydrogen-bond acceptors (Lipinski definition) is 4. The van der Waals surface area contributed by atoms with E-state index in [4.69, 9.17) is 5.73 Å². The van der Waals surface area contributed by atoms with Gasteiger partial charge in [-0.25, -0.2) is 9.82 Å². The highest BCUT2D eigenvalue weighted by Crippen LogP contribution is 2.19. The number of carbonyl (C=O) groups excluding carboxylic acids is 1. The number of aromatic amines is 1. The van der Waals surface area contributed by atoms with E-state index in [-0.39, 0.29) is 16.8 Å². The van der Waals surface area contributed by atoms with Crippen molar-refractivity contribution < 1.29 is 9.18 Å². The van der Waals surface area contributed by atoms with Gasteiger partial charge in [0.1, 0.15) is 11.4 Å². The molecule has 3 aromatic rings. The van der Waals surface area contributed by atoms with Gasteiger partial charge in [-0.3, -0.25) is 9.59 Å². The summed E-state index contributed by atoms with van der Waals surface area (Å²) in [6, 6.07) is 12.8. The van der Waals surface area contributed by atoms with Crippen molar-refractivity contribution in [1.29, 1.82) is 0 Å². The number of nitrogens with zero attached hydrogens (tertiary/aromatic N) is 1. The number of pyridine rings is 1. The van der Waals surface area contributed by atoms with E-state index in [0.717, 1.165) is 6.21 Å². The third-order valence-electron chi connectivity index (χ3n) is 3.46. The Kier molecular flexibility index (Phi) is 4.07. The third-order valence-corrected chi connectivity index (χ3v) is 3.46. The first kappa shape index (κ1) is 15.4. The number of hydrazone groups is 1. The minimum absolute atomic E-state index is 0.0629. The minimum atomic E-state index is -0.771. The van der Waals surface area contributed by atoms with E-state index in [1.165, 1.54) is 12.1 Å². The minimum Gasteiger partial charge on any atom is -0.397 e. The Hall–Kier alpha value is -3.48. The maximum absolute atomic E-state index is 13.5. The molecule has 0 saturated carbocycles. The number of rotatable bonds is 3. The lowest BCUT2D eigenvalue weighted by molar-refractivity contribution is 0.0954. The fraction of sp³-hybridized carbons (Fsp3) is 0. The van der Waals surface area contributed by atoms with E-state index in [1.807, 2.05) is 0 Å². The lowest BCUT2D eigenvalue weighted by atomic mass is 10.1. The fourth-order valence-corrected chi connectivity index (χ4v) is 2.29. The zero-order chi connectivity index (χ0) is 17.1. The van der Waals surface area contributed by atoms with Gasteiger partial charge in [0.05, 0.1) is 17.4 Å². The molecule has 0 bridgehead atoms. The molecule has 24 heavy (non-hydrogen) atoms. The molecular formula is C17H13FN4O2. The van der Waals surface area contributed by atoms with Crippen LogP contribution in [0.3, 0.4) is 0 Å². The predicted molar refractivity (Wildman–Crippen MR) is 90.4 cm³/mol. The highest BCUT2D eigenvalue weighted by atomic mass is 19.1. The number of para-hydroxylation sites is 1. The molecule has 1 aromatic heterocycles. The summed E-state index contributed by atoms with van der Waals surface area (Å²) in [5.74, 6) is -1.24. The second-order valence-electron chi connectivity index (χ2n) is 5.01. The van der Waals surface area contributed by atoms with Gasteiger partial charge in [0, 0.05) is 10.9 Å². The zero-order valence-electron chi connectivity index (χ0n) is 12.4. The van der Waals surface area contributed by atoms with Gasteiger partial charge < -0.3 is 10.7 Å². The van der Waals surface area contributed by atoms with Gasteiger partial charge in [0.25, 0.3) is 11.5 Å². The number of hydrogen-bond donors (Lipinski definition) is 3. The Bertz CT molecular complexity index is 1010. The van der Waals surface area contributed by atoms with E-state index in [2.05, 4.69) is 15.5 Å². The van der Waals surface area contributed by atoms with Crippen LogP contribution in [0.2, 0.25) is 0 Å². The summed E-state index contributed by atoms with van der Waals surface area (Å²) >= 11 is 0. The Morgan fingerprint density at radius 1 is 1.17 bits per heavy atom. The Morgan fingerprint density at radius 3 is 2.67 bits per heavy atom. The first-order chi connectivity index (χ1) is 11.6. The molecule has 0 aliphatic carbocycles. The number of carbonyl (C=O) groups is 1. The van der Waals surface area contributed by atoms with Crippen LogP contribution in [-0.4, -0.2) is 17.1 Å². The van der Waals surface area contributed by atoms with Crippen LogP contribution in [0.4, 0.5) is 10.1 Å². The number of nitrogen functional groups attached to an aromatic ring is 1. The molecule has 7 heteroatoms. The normalized spacial score (nSPS) is 11.0. The molecule has 2 aromatic carbocycles. The maximum Gasteiger partial charge on any atom is 0.279 e. The molecule has 0 atom stereocenters. The molecule has 0 aliphatic heterocycles. The van der Waals surface area contributed by atoms with Crippen LogP contribution in [0.25, 0.3) is 10.9 Å². The summed E-state index contributed by atoms with van der Waals surface area (Å²) in [5, 5.41) is 4.22. The van der Waals surface area contributed by atoms with E-state index in [0.29, 0.717) is 10.9 Å². The van der Waals surface area contributed by atoms with Crippen molar-refractivity contribution in [3.05, 3.63) is 75.8 Å². The van der Waals surface area contributed by atoms with Gasteiger partial charge in [0.2, 0.25) is 0 Å². The average Bonchev–Trinajstić information content (AvgIpc) is 2.56. The van der Waals surface area contributed by atoms with Gasteiger partial charge in [-0.2, -0.15) is 5.10 Å². The van der Waals surface area contributed by atoms with Crippen molar-refractivity contribution in [2.45, 2.75) is 0 Å². The van der Waals surface area contributed by atoms with Crippen LogP contribution in [0.1, 0.15) is 15.9 Å². The number of nitrogens with two attached hydrogens (primary N) is 1. The van der Waals surface area contributed by atoms with E-state index < -0.39 is 17.3 Å². The lowest BCUT2D eigenvalue weighted by Gasteiger charge is -2.07. The molecule has 4 N–H and O–H groups in total. The molecule has 1 heterocycles. The van der Waals surface area contributed by atoms with Gasteiger partial charge in [0.15, 0.2) is 0 Å². The largest absolute Gasteiger partial charge is 0.397 e. The number of benzene rings is 2. The smallest absolute Gasteiger partial charge is 0.279 e. The van der Waals surface area contributed by atoms with Crippen LogP contribution < -0.4 is 16.7 Å². The Balaban J connectivity index is 1.89. The summed E-state index contributed by atoms with van der Waals surface area (Å²) < 4.78 is 13.5. The van der Waals surface area contributed by atoms with Crippen LogP contribution in [0, 0.1) is 5.82 Å². The molecule has 0 unspecified atom stereocenters. The highest BCUT2D eigenvalue weighted by molar-refractivity contribution is 6.06. The molecule has 6 nitrogen and oxygen atoms in total. The van der Waals surface area contributed by atoms with Gasteiger partial charge >= 0.3 is 0 Å². The number of nitrogens with one attached hydrogen (secondary N) is 2. The number of fused-ring (bicyclic) bond motifs is 1. The van der Waals surface area contributed by atoms with Crippen LogP contribution in [-0.2, 0) is 0 Å². The molecule has 120 valence electrons. The molecular weight excluding hydrogens is 311 g/mol. The van der Waals surface area contributed by atoms with Crippen molar-refractivity contribution in [1.82, 2.24) is 10.4 Å². The van der Waals surface area contributed by atoms with Crippen molar-refractivity contribution in [2.75, 3.05) is 5.73 Å². The third kappa shape index (κ3) is 2.87. The standard InChI is InChI=1S/C17H13FN4O2/c18-12-7-3-1-5-10(12)9-20-22-17(24)14-15(19)11-6-2-4-8-13(11)21-16(14)23/h1-9H,(H,22,24)(H3,19,21,23). The molecule has 0 saturated heterocycles. The summed E-state index contributed by atoms with van der Waals surface area (Å²) in [4.78, 5) is 26.9. The van der Waals surface area contributed by atoms with Crippen LogP contribution in [0.15, 0.2) is 58.4 Å². The number of amides is 1. The van der Waals surface area contributed by atoms with Crippen LogP contribution >= 0.6 is 0 Å². The van der Waals surface area contributed by atoms with Crippen molar-refractivity contribution >= 4 is 28.7 Å². The number of H-pyrrole nitrogens is 1. The average molecular weight is 324 g/mol. The zero-order valence-corrected chi connectivity index (χ0v) is 12.4. The lowest BCUT2D eigenvalue weighted by Crippen LogP contribution is -2.28. The number of anilines is 1. The molecule has 0 fully saturated rings. The number of halogens is 1. The van der Waals surface area contributed by atoms with Gasteiger partial charge in [-0.05, 0) is 12.1 Å². The molecule has 0 spiro atoms. The Labute approximate surface area is 135 Å². The molecule has 0 radical (unpaired) electrons. The monoisotopic (exact) mass is 324 g/mol. The maximum atomic E-state index is 13.5. The molecule has 3 rings (SSSR count).